The zero-order valence-corrected chi connectivity index (χ0v) is 27.4. The van der Waals surface area contributed by atoms with Crippen LogP contribution in [0.5, 0.6) is 0 Å². The molecule has 1 aliphatic carbocycles. The third-order valence-electron chi connectivity index (χ3n) is 9.85. The van der Waals surface area contributed by atoms with E-state index in [2.05, 4.69) is 27.9 Å². The van der Waals surface area contributed by atoms with Crippen molar-refractivity contribution in [2.24, 2.45) is 5.92 Å². The molecule has 1 aromatic heterocycles. The second kappa shape index (κ2) is 13.1. The molecule has 3 heterocycles. The second-order valence-corrected chi connectivity index (χ2v) is 15.1. The molecule has 0 spiro atoms. The molecule has 7 rings (SSSR count). The molecule has 3 aliphatic rings. The minimum absolute atomic E-state index is 0.0465. The molecule has 12 heteroatoms. The highest BCUT2D eigenvalue weighted by Gasteiger charge is 2.42. The van der Waals surface area contributed by atoms with Crippen molar-refractivity contribution in [3.63, 3.8) is 0 Å². The molecule has 47 heavy (non-hydrogen) atoms. The van der Waals surface area contributed by atoms with Gasteiger partial charge in [-0.1, -0.05) is 55.3 Å². The maximum Gasteiger partial charge on any atom is 0.249 e. The minimum Gasteiger partial charge on any atom is -0.384 e. The monoisotopic (exact) mass is 655 g/mol. The van der Waals surface area contributed by atoms with Crippen LogP contribution < -0.4 is 15.5 Å². The first kappa shape index (κ1) is 31.3. The molecule has 3 atom stereocenters. The molecule has 0 radical (unpaired) electrons. The van der Waals surface area contributed by atoms with E-state index in [1.807, 2.05) is 48.5 Å². The summed E-state index contributed by atoms with van der Waals surface area (Å²) in [6.45, 7) is 3.36. The van der Waals surface area contributed by atoms with E-state index in [9.17, 15) is 18.0 Å². The Labute approximate surface area is 275 Å². The van der Waals surface area contributed by atoms with Gasteiger partial charge in [-0.2, -0.15) is 4.31 Å². The lowest BCUT2D eigenvalue weighted by atomic mass is 9.90. The molecule has 2 fully saturated rings. The van der Waals surface area contributed by atoms with Crippen LogP contribution in [0.1, 0.15) is 56.9 Å². The normalized spacial score (nSPS) is 20.9. The molecule has 11 nitrogen and oxygen atoms in total. The first-order valence-electron chi connectivity index (χ1n) is 16.6. The summed E-state index contributed by atoms with van der Waals surface area (Å²) in [7, 11) is -3.71. The summed E-state index contributed by atoms with van der Waals surface area (Å²) in [4.78, 5) is 30.7. The van der Waals surface area contributed by atoms with Gasteiger partial charge in [0.1, 0.15) is 18.1 Å². The van der Waals surface area contributed by atoms with Gasteiger partial charge in [-0.25, -0.2) is 13.1 Å². The van der Waals surface area contributed by atoms with E-state index >= 15 is 0 Å². The average molecular weight is 656 g/mol. The summed E-state index contributed by atoms with van der Waals surface area (Å²) in [5, 5.41) is 15.2. The molecule has 1 saturated carbocycles. The van der Waals surface area contributed by atoms with Gasteiger partial charge in [-0.15, -0.1) is 5.10 Å². The fourth-order valence-corrected chi connectivity index (χ4v) is 9.02. The first-order chi connectivity index (χ1) is 22.8. The fourth-order valence-electron chi connectivity index (χ4n) is 7.42. The lowest BCUT2D eigenvalue weighted by molar-refractivity contribution is -0.127. The quantitative estimate of drug-likeness (QED) is 0.271. The van der Waals surface area contributed by atoms with E-state index in [0.717, 1.165) is 49.8 Å². The van der Waals surface area contributed by atoms with Crippen LogP contribution in [0.25, 0.3) is 11.0 Å². The van der Waals surface area contributed by atoms with Gasteiger partial charge in [0.05, 0.1) is 10.4 Å². The van der Waals surface area contributed by atoms with Gasteiger partial charge in [0.15, 0.2) is 0 Å². The zero-order valence-electron chi connectivity index (χ0n) is 26.6. The van der Waals surface area contributed by atoms with Gasteiger partial charge >= 0.3 is 0 Å². The number of nitrogens with one attached hydrogen (secondary N) is 2. The standard InChI is InChI=1S/C35H41N7O4S/c1-24-9-8-20-40(22-24)47(45,46)27-18-16-26(17-19-27)42(33(43)23-41-32-15-7-6-14-31(32)38-39-41)34(35(44)37-25-10-2-3-11-25)29-21-36-30-13-5-4-12-28(29)30/h4-7,12-19,24-25,29,34,36H,2-3,8-11,20-23H2,1H3,(H,37,44). The van der Waals surface area contributed by atoms with Crippen molar-refractivity contribution in [2.75, 3.05) is 29.9 Å². The van der Waals surface area contributed by atoms with Crippen LogP contribution in [0.4, 0.5) is 11.4 Å². The SMILES string of the molecule is CC1CCCN(S(=O)(=O)c2ccc(N(C(=O)Cn3nnc4ccccc43)C(C(=O)NC3CCCC3)C3CNc4ccccc43)cc2)C1. The molecule has 2 N–H and O–H groups in total. The van der Waals surface area contributed by atoms with E-state index in [1.165, 1.54) is 0 Å². The number of amides is 2. The topological polar surface area (TPSA) is 130 Å². The number of hydrogen-bond donors (Lipinski definition) is 2. The van der Waals surface area contributed by atoms with Gasteiger partial charge in [-0.05, 0) is 79.6 Å². The lowest BCUT2D eigenvalue weighted by Crippen LogP contribution is -2.55. The summed E-state index contributed by atoms with van der Waals surface area (Å²) >= 11 is 0. The average Bonchev–Trinajstić information content (AvgIpc) is 3.85. The number of fused-ring (bicyclic) bond motifs is 2. The van der Waals surface area contributed by atoms with Crippen LogP contribution in [0, 0.1) is 5.92 Å². The number of rotatable bonds is 9. The summed E-state index contributed by atoms with van der Waals surface area (Å²) in [6.07, 6.45) is 5.74. The molecule has 1 saturated heterocycles. The van der Waals surface area contributed by atoms with E-state index in [0.29, 0.717) is 42.3 Å². The Morgan fingerprint density at radius 2 is 1.72 bits per heavy atom. The summed E-state index contributed by atoms with van der Waals surface area (Å²) < 4.78 is 30.3. The van der Waals surface area contributed by atoms with E-state index < -0.39 is 16.1 Å². The number of aromatic nitrogens is 3. The first-order valence-corrected chi connectivity index (χ1v) is 18.1. The second-order valence-electron chi connectivity index (χ2n) is 13.1. The highest BCUT2D eigenvalue weighted by atomic mass is 32.2. The van der Waals surface area contributed by atoms with Crippen LogP contribution in [-0.4, -0.2) is 71.2 Å². The number of para-hydroxylation sites is 2. The predicted molar refractivity (Wildman–Crippen MR) is 180 cm³/mol. The van der Waals surface area contributed by atoms with Crippen molar-refractivity contribution >= 4 is 44.2 Å². The number of benzene rings is 3. The Hall–Kier alpha value is -4.29. The van der Waals surface area contributed by atoms with E-state index in [1.54, 1.807) is 38.2 Å². The van der Waals surface area contributed by atoms with Crippen molar-refractivity contribution in [2.45, 2.75) is 74.9 Å². The maximum atomic E-state index is 14.6. The van der Waals surface area contributed by atoms with Crippen molar-refractivity contribution in [1.29, 1.82) is 0 Å². The van der Waals surface area contributed by atoms with Crippen molar-refractivity contribution in [1.82, 2.24) is 24.6 Å². The van der Waals surface area contributed by atoms with Gasteiger partial charge in [0, 0.05) is 43.0 Å². The largest absolute Gasteiger partial charge is 0.384 e. The summed E-state index contributed by atoms with van der Waals surface area (Å²) in [5.41, 5.74) is 3.71. The van der Waals surface area contributed by atoms with E-state index in [-0.39, 0.29) is 35.2 Å². The van der Waals surface area contributed by atoms with Crippen molar-refractivity contribution < 1.29 is 18.0 Å². The maximum absolute atomic E-state index is 14.6. The van der Waals surface area contributed by atoms with Crippen LogP contribution >= 0.6 is 0 Å². The summed E-state index contributed by atoms with van der Waals surface area (Å²) in [5.74, 6) is -0.628. The number of anilines is 2. The molecule has 4 aromatic rings. The van der Waals surface area contributed by atoms with Crippen LogP contribution in [0.3, 0.4) is 0 Å². The van der Waals surface area contributed by atoms with Gasteiger partial charge in [-0.3, -0.25) is 14.5 Å². The van der Waals surface area contributed by atoms with Crippen LogP contribution in [0.2, 0.25) is 0 Å². The molecule has 0 bridgehead atoms. The highest BCUT2D eigenvalue weighted by Crippen LogP contribution is 2.38. The Bertz CT molecular complexity index is 1870. The Balaban J connectivity index is 1.29. The summed E-state index contributed by atoms with van der Waals surface area (Å²) in [6, 6.07) is 20.9. The molecule has 3 aromatic carbocycles. The van der Waals surface area contributed by atoms with Gasteiger partial charge in [0.2, 0.25) is 21.8 Å². The number of piperidine rings is 1. The van der Waals surface area contributed by atoms with Gasteiger partial charge < -0.3 is 10.6 Å². The van der Waals surface area contributed by atoms with Crippen molar-refractivity contribution in [3.8, 4) is 0 Å². The number of nitrogens with zero attached hydrogens (tertiary/aromatic N) is 5. The molecular formula is C35H41N7O4S. The van der Waals surface area contributed by atoms with Crippen molar-refractivity contribution in [3.05, 3.63) is 78.4 Å². The number of carbonyl (C=O) groups excluding carboxylic acids is 2. The third kappa shape index (κ3) is 6.23. The molecule has 2 amide bonds. The zero-order chi connectivity index (χ0) is 32.5. The molecule has 2 aliphatic heterocycles. The van der Waals surface area contributed by atoms with Crippen LogP contribution in [0.15, 0.2) is 77.7 Å². The third-order valence-corrected chi connectivity index (χ3v) is 11.7. The smallest absolute Gasteiger partial charge is 0.249 e. The fraction of sp³-hybridized carbons (Fsp3) is 0.429. The minimum atomic E-state index is -3.71. The number of sulfonamides is 1. The van der Waals surface area contributed by atoms with Gasteiger partial charge in [0.25, 0.3) is 0 Å². The highest BCUT2D eigenvalue weighted by molar-refractivity contribution is 7.89. The predicted octanol–water partition coefficient (Wildman–Crippen LogP) is 4.52. The number of hydrogen-bond acceptors (Lipinski definition) is 7. The Morgan fingerprint density at radius 3 is 2.51 bits per heavy atom. The Kier molecular flexibility index (Phi) is 8.71. The van der Waals surface area contributed by atoms with E-state index in [4.69, 9.17) is 0 Å². The number of carbonyl (C=O) groups is 2. The molecule has 3 unspecified atom stereocenters. The molecule has 246 valence electrons. The Morgan fingerprint density at radius 1 is 0.979 bits per heavy atom. The molecular weight excluding hydrogens is 614 g/mol. The lowest BCUT2D eigenvalue weighted by Gasteiger charge is -2.36. The van der Waals surface area contributed by atoms with Crippen LogP contribution in [-0.2, 0) is 26.2 Å².